The van der Waals surface area contributed by atoms with Crippen molar-refractivity contribution in [3.8, 4) is 0 Å². The molecule has 0 saturated carbocycles. The number of hydrogen-bond donors (Lipinski definition) is 2. The van der Waals surface area contributed by atoms with Gasteiger partial charge in [0.25, 0.3) is 0 Å². The van der Waals surface area contributed by atoms with Crippen LogP contribution >= 0.6 is 0 Å². The van der Waals surface area contributed by atoms with Crippen LogP contribution in [0.5, 0.6) is 0 Å². The number of hydrogen-bond acceptors (Lipinski definition) is 2. The van der Waals surface area contributed by atoms with Gasteiger partial charge in [0.2, 0.25) is 0 Å². The maximum Gasteiger partial charge on any atom is 0.0549 e. The summed E-state index contributed by atoms with van der Waals surface area (Å²) in [5.74, 6) is 0. The average molecular weight is 179 g/mol. The van der Waals surface area contributed by atoms with Crippen LogP contribution in [-0.2, 0) is 0 Å². The molecule has 0 radical (unpaired) electrons. The maximum atomic E-state index is 3.47. The normalized spacial score (nSPS) is 28.7. The van der Waals surface area contributed by atoms with Crippen LogP contribution in [0.2, 0.25) is 0 Å². The molecule has 1 aromatic heterocycles. The van der Waals surface area contributed by atoms with E-state index in [1.54, 1.807) is 0 Å². The summed E-state index contributed by atoms with van der Waals surface area (Å²) >= 11 is 0. The van der Waals surface area contributed by atoms with Crippen molar-refractivity contribution in [2.45, 2.75) is 31.8 Å². The van der Waals surface area contributed by atoms with Gasteiger partial charge in [-0.25, -0.2) is 0 Å². The van der Waals surface area contributed by atoms with E-state index in [1.807, 2.05) is 29.2 Å². The van der Waals surface area contributed by atoms with Crippen LogP contribution < -0.4 is 10.7 Å². The SMILES string of the molecule is CC1CCC(Nn2cccc2)CN1. The van der Waals surface area contributed by atoms with Crippen molar-refractivity contribution in [3.05, 3.63) is 24.5 Å². The molecule has 0 spiro atoms. The Balaban J connectivity index is 1.83. The van der Waals surface area contributed by atoms with Crippen LogP contribution in [0.25, 0.3) is 0 Å². The molecule has 1 aliphatic rings. The molecule has 2 heterocycles. The van der Waals surface area contributed by atoms with Gasteiger partial charge in [-0.1, -0.05) is 0 Å². The summed E-state index contributed by atoms with van der Waals surface area (Å²) < 4.78 is 2.03. The van der Waals surface area contributed by atoms with E-state index in [0.717, 1.165) is 6.54 Å². The van der Waals surface area contributed by atoms with Crippen LogP contribution in [0.4, 0.5) is 0 Å². The second-order valence-electron chi connectivity index (χ2n) is 3.80. The molecule has 1 fully saturated rings. The Morgan fingerprint density at radius 1 is 1.31 bits per heavy atom. The summed E-state index contributed by atoms with van der Waals surface area (Å²) in [5.41, 5.74) is 3.44. The first-order valence-electron chi connectivity index (χ1n) is 4.97. The van der Waals surface area contributed by atoms with Gasteiger partial charge >= 0.3 is 0 Å². The minimum Gasteiger partial charge on any atom is -0.322 e. The minimum atomic E-state index is 0.573. The molecule has 13 heavy (non-hydrogen) atoms. The number of piperidine rings is 1. The lowest BCUT2D eigenvalue weighted by Gasteiger charge is -2.29. The molecule has 1 aliphatic heterocycles. The van der Waals surface area contributed by atoms with Gasteiger partial charge in [-0.15, -0.1) is 0 Å². The van der Waals surface area contributed by atoms with Gasteiger partial charge in [-0.3, -0.25) is 4.68 Å². The number of aromatic nitrogens is 1. The Bertz CT molecular complexity index is 235. The second kappa shape index (κ2) is 3.83. The van der Waals surface area contributed by atoms with Crippen molar-refractivity contribution in [3.63, 3.8) is 0 Å². The van der Waals surface area contributed by atoms with Crippen LogP contribution in [0.1, 0.15) is 19.8 Å². The predicted octanol–water partition coefficient (Wildman–Crippen LogP) is 1.17. The van der Waals surface area contributed by atoms with Crippen molar-refractivity contribution < 1.29 is 0 Å². The van der Waals surface area contributed by atoms with Gasteiger partial charge in [0.05, 0.1) is 6.04 Å². The third kappa shape index (κ3) is 2.25. The van der Waals surface area contributed by atoms with E-state index < -0.39 is 0 Å². The lowest BCUT2D eigenvalue weighted by atomic mass is 10.0. The molecule has 72 valence electrons. The van der Waals surface area contributed by atoms with Crippen molar-refractivity contribution in [2.75, 3.05) is 12.0 Å². The van der Waals surface area contributed by atoms with E-state index in [2.05, 4.69) is 17.7 Å². The van der Waals surface area contributed by atoms with E-state index >= 15 is 0 Å². The average Bonchev–Trinajstić information content (AvgIpc) is 2.62. The van der Waals surface area contributed by atoms with E-state index in [-0.39, 0.29) is 0 Å². The molecule has 0 bridgehead atoms. The topological polar surface area (TPSA) is 29.0 Å². The highest BCUT2D eigenvalue weighted by atomic mass is 15.4. The van der Waals surface area contributed by atoms with Crippen LogP contribution in [0.3, 0.4) is 0 Å². The molecule has 3 nitrogen and oxygen atoms in total. The third-order valence-electron chi connectivity index (χ3n) is 2.60. The van der Waals surface area contributed by atoms with Crippen molar-refractivity contribution in [2.24, 2.45) is 0 Å². The molecule has 2 rings (SSSR count). The first-order valence-corrected chi connectivity index (χ1v) is 4.97. The van der Waals surface area contributed by atoms with Gasteiger partial charge in [-0.2, -0.15) is 0 Å². The summed E-state index contributed by atoms with van der Waals surface area (Å²) in [5, 5.41) is 3.47. The Labute approximate surface area is 79.1 Å². The first-order chi connectivity index (χ1) is 6.34. The zero-order valence-corrected chi connectivity index (χ0v) is 8.03. The Kier molecular flexibility index (Phi) is 2.54. The van der Waals surface area contributed by atoms with E-state index in [0.29, 0.717) is 12.1 Å². The van der Waals surface area contributed by atoms with Gasteiger partial charge in [0.1, 0.15) is 0 Å². The van der Waals surface area contributed by atoms with E-state index in [9.17, 15) is 0 Å². The molecule has 0 aromatic carbocycles. The molecule has 2 atom stereocenters. The summed E-state index contributed by atoms with van der Waals surface area (Å²) in [6.45, 7) is 3.31. The fourth-order valence-electron chi connectivity index (χ4n) is 1.74. The highest BCUT2D eigenvalue weighted by Crippen LogP contribution is 2.08. The fraction of sp³-hybridized carbons (Fsp3) is 0.600. The van der Waals surface area contributed by atoms with Crippen molar-refractivity contribution >= 4 is 0 Å². The molecule has 3 heteroatoms. The monoisotopic (exact) mass is 179 g/mol. The first kappa shape index (κ1) is 8.63. The van der Waals surface area contributed by atoms with Gasteiger partial charge < -0.3 is 10.7 Å². The molecule has 1 aromatic rings. The van der Waals surface area contributed by atoms with Crippen LogP contribution in [0.15, 0.2) is 24.5 Å². The Morgan fingerprint density at radius 3 is 2.69 bits per heavy atom. The Hall–Kier alpha value is -0.960. The summed E-state index contributed by atoms with van der Waals surface area (Å²) in [6, 6.07) is 5.32. The molecule has 2 unspecified atom stereocenters. The number of nitrogens with zero attached hydrogens (tertiary/aromatic N) is 1. The molecular weight excluding hydrogens is 162 g/mol. The quantitative estimate of drug-likeness (QED) is 0.713. The zero-order chi connectivity index (χ0) is 9.10. The zero-order valence-electron chi connectivity index (χ0n) is 8.03. The minimum absolute atomic E-state index is 0.573. The fourth-order valence-corrected chi connectivity index (χ4v) is 1.74. The maximum absolute atomic E-state index is 3.47. The summed E-state index contributed by atoms with van der Waals surface area (Å²) in [4.78, 5) is 0. The van der Waals surface area contributed by atoms with E-state index in [4.69, 9.17) is 0 Å². The molecule has 0 amide bonds. The third-order valence-corrected chi connectivity index (χ3v) is 2.60. The number of rotatable bonds is 2. The molecule has 2 N–H and O–H groups in total. The standard InChI is InChI=1S/C10H17N3/c1-9-4-5-10(8-11-9)12-13-6-2-3-7-13/h2-3,6-7,9-12H,4-5,8H2,1H3. The molecule has 0 aliphatic carbocycles. The molecule has 1 saturated heterocycles. The van der Waals surface area contributed by atoms with Gasteiger partial charge in [0.15, 0.2) is 0 Å². The van der Waals surface area contributed by atoms with Crippen LogP contribution in [0, 0.1) is 0 Å². The smallest absolute Gasteiger partial charge is 0.0549 e. The highest BCUT2D eigenvalue weighted by Gasteiger charge is 2.16. The van der Waals surface area contributed by atoms with Crippen molar-refractivity contribution in [1.29, 1.82) is 0 Å². The van der Waals surface area contributed by atoms with E-state index in [1.165, 1.54) is 12.8 Å². The highest BCUT2D eigenvalue weighted by molar-refractivity contribution is 4.97. The van der Waals surface area contributed by atoms with Crippen LogP contribution in [-0.4, -0.2) is 23.3 Å². The predicted molar refractivity (Wildman–Crippen MR) is 54.3 cm³/mol. The molecular formula is C10H17N3. The van der Waals surface area contributed by atoms with Gasteiger partial charge in [0, 0.05) is 25.0 Å². The number of nitrogens with one attached hydrogen (secondary N) is 2. The lowest BCUT2D eigenvalue weighted by Crippen LogP contribution is -2.45. The largest absolute Gasteiger partial charge is 0.322 e. The summed E-state index contributed by atoms with van der Waals surface area (Å²) in [7, 11) is 0. The van der Waals surface area contributed by atoms with Gasteiger partial charge in [-0.05, 0) is 31.9 Å². The summed E-state index contributed by atoms with van der Waals surface area (Å²) in [6.07, 6.45) is 6.60. The Morgan fingerprint density at radius 2 is 2.08 bits per heavy atom. The lowest BCUT2D eigenvalue weighted by molar-refractivity contribution is 0.384. The van der Waals surface area contributed by atoms with Crippen molar-refractivity contribution in [1.82, 2.24) is 9.99 Å². The second-order valence-corrected chi connectivity index (χ2v) is 3.80.